The monoisotopic (exact) mass is 321 g/mol. The lowest BCUT2D eigenvalue weighted by atomic mass is 9.89. The van der Waals surface area contributed by atoms with Gasteiger partial charge < -0.3 is 15.8 Å². The molecule has 0 spiro atoms. The molecule has 122 valence electrons. The van der Waals surface area contributed by atoms with Crippen LogP contribution in [0.4, 0.5) is 5.95 Å². The van der Waals surface area contributed by atoms with Crippen LogP contribution in [0.3, 0.4) is 0 Å². The van der Waals surface area contributed by atoms with Crippen molar-refractivity contribution in [1.82, 2.24) is 14.8 Å². The number of hydrogen-bond donors (Lipinski definition) is 2. The maximum Gasteiger partial charge on any atom is 0.222 e. The third-order valence-electron chi connectivity index (χ3n) is 4.49. The molecule has 1 aliphatic heterocycles. The van der Waals surface area contributed by atoms with E-state index in [1.165, 1.54) is 0 Å². The van der Waals surface area contributed by atoms with Crippen LogP contribution in [0.2, 0.25) is 0 Å². The molecule has 0 saturated heterocycles. The molecule has 0 unspecified atom stereocenters. The van der Waals surface area contributed by atoms with Crippen molar-refractivity contribution >= 4 is 5.95 Å². The number of anilines is 1. The Kier molecular flexibility index (Phi) is 3.66. The molecule has 0 amide bonds. The highest BCUT2D eigenvalue weighted by atomic mass is 16.5. The quantitative estimate of drug-likeness (QED) is 0.774. The zero-order chi connectivity index (χ0) is 16.5. The van der Waals surface area contributed by atoms with Gasteiger partial charge in [0.2, 0.25) is 5.95 Å². The summed E-state index contributed by atoms with van der Waals surface area (Å²) < 4.78 is 7.10. The van der Waals surface area contributed by atoms with Crippen molar-refractivity contribution in [2.75, 3.05) is 12.4 Å². The minimum absolute atomic E-state index is 0.0324. The highest BCUT2D eigenvalue weighted by Gasteiger charge is 2.37. The lowest BCUT2D eigenvalue weighted by Crippen LogP contribution is -2.46. The number of nitrogens with zero attached hydrogens (tertiary/aromatic N) is 3. The van der Waals surface area contributed by atoms with Crippen LogP contribution in [0.1, 0.15) is 23.2 Å². The van der Waals surface area contributed by atoms with E-state index in [0.29, 0.717) is 0 Å². The van der Waals surface area contributed by atoms with Crippen molar-refractivity contribution in [1.29, 1.82) is 0 Å². The van der Waals surface area contributed by atoms with Crippen LogP contribution < -0.4 is 15.8 Å². The summed E-state index contributed by atoms with van der Waals surface area (Å²) in [5.74, 6) is 1.55. The van der Waals surface area contributed by atoms with E-state index in [2.05, 4.69) is 27.5 Å². The van der Waals surface area contributed by atoms with Crippen LogP contribution >= 0.6 is 0 Å². The highest BCUT2D eigenvalue weighted by molar-refractivity contribution is 5.41. The number of benzene rings is 2. The van der Waals surface area contributed by atoms with Gasteiger partial charge in [0.1, 0.15) is 12.1 Å². The van der Waals surface area contributed by atoms with Gasteiger partial charge in [0.15, 0.2) is 0 Å². The molecule has 1 aliphatic rings. The molecule has 6 heteroatoms. The molecule has 3 aromatic rings. The summed E-state index contributed by atoms with van der Waals surface area (Å²) in [4.78, 5) is 4.34. The standard InChI is InChI=1S/C18H19N5O/c1-24-14-9-7-13(8-10-14)17-15(19)16(12-5-3-2-4-6-12)22-18-20-11-21-23(17)18/h2-11,15-17H,19H2,1H3,(H,20,21,22)/t15-,16+,17+/m0/s1. The average Bonchev–Trinajstić information content (AvgIpc) is 3.10. The van der Waals surface area contributed by atoms with Crippen LogP contribution in [-0.4, -0.2) is 27.9 Å². The van der Waals surface area contributed by atoms with Gasteiger partial charge in [-0.15, -0.1) is 0 Å². The molecule has 4 rings (SSSR count). The molecule has 1 aromatic heterocycles. The lowest BCUT2D eigenvalue weighted by molar-refractivity contribution is 0.370. The highest BCUT2D eigenvalue weighted by Crippen LogP contribution is 2.36. The van der Waals surface area contributed by atoms with Gasteiger partial charge in [-0.2, -0.15) is 10.1 Å². The Morgan fingerprint density at radius 3 is 2.50 bits per heavy atom. The summed E-state index contributed by atoms with van der Waals surface area (Å²) in [5, 5.41) is 7.77. The van der Waals surface area contributed by atoms with Crippen molar-refractivity contribution in [3.63, 3.8) is 0 Å². The molecule has 3 atom stereocenters. The van der Waals surface area contributed by atoms with Crippen LogP contribution in [0.5, 0.6) is 5.75 Å². The number of aromatic nitrogens is 3. The first-order valence-corrected chi connectivity index (χ1v) is 7.88. The van der Waals surface area contributed by atoms with Gasteiger partial charge in [0, 0.05) is 0 Å². The van der Waals surface area contributed by atoms with Crippen LogP contribution in [0.15, 0.2) is 60.9 Å². The minimum atomic E-state index is -0.185. The maximum atomic E-state index is 6.65. The number of rotatable bonds is 3. The van der Waals surface area contributed by atoms with Crippen molar-refractivity contribution in [2.24, 2.45) is 5.73 Å². The van der Waals surface area contributed by atoms with Crippen molar-refractivity contribution in [3.8, 4) is 5.75 Å². The van der Waals surface area contributed by atoms with Gasteiger partial charge in [-0.3, -0.25) is 0 Å². The third-order valence-corrected chi connectivity index (χ3v) is 4.49. The number of hydrogen-bond acceptors (Lipinski definition) is 5. The summed E-state index contributed by atoms with van der Waals surface area (Å²) in [6, 6.07) is 17.8. The molecule has 0 saturated carbocycles. The minimum Gasteiger partial charge on any atom is -0.497 e. The number of nitrogens with two attached hydrogens (primary N) is 1. The van der Waals surface area contributed by atoms with Gasteiger partial charge in [-0.25, -0.2) is 4.68 Å². The normalized spacial score (nSPS) is 22.5. The predicted molar refractivity (Wildman–Crippen MR) is 91.9 cm³/mol. The zero-order valence-electron chi connectivity index (χ0n) is 13.3. The lowest BCUT2D eigenvalue weighted by Gasteiger charge is -2.37. The molecule has 24 heavy (non-hydrogen) atoms. The summed E-state index contributed by atoms with van der Waals surface area (Å²) in [6.07, 6.45) is 1.55. The van der Waals surface area contributed by atoms with E-state index in [1.807, 2.05) is 47.1 Å². The van der Waals surface area contributed by atoms with Crippen LogP contribution in [0, 0.1) is 0 Å². The molecular formula is C18H19N5O. The number of nitrogens with one attached hydrogen (secondary N) is 1. The molecule has 0 aliphatic carbocycles. The molecule has 0 fully saturated rings. The van der Waals surface area contributed by atoms with Gasteiger partial charge in [0.25, 0.3) is 0 Å². The van der Waals surface area contributed by atoms with E-state index in [-0.39, 0.29) is 18.1 Å². The fraction of sp³-hybridized carbons (Fsp3) is 0.222. The first-order valence-electron chi connectivity index (χ1n) is 7.88. The largest absolute Gasteiger partial charge is 0.497 e. The third kappa shape index (κ3) is 2.41. The first kappa shape index (κ1) is 14.7. The number of fused-ring (bicyclic) bond motifs is 1. The summed E-state index contributed by atoms with van der Waals surface area (Å²) >= 11 is 0. The fourth-order valence-corrected chi connectivity index (χ4v) is 3.27. The first-order chi connectivity index (χ1) is 11.8. The average molecular weight is 321 g/mol. The fourth-order valence-electron chi connectivity index (χ4n) is 3.27. The SMILES string of the molecule is COc1ccc([C@@H]2[C@@H](N)[C@@H](c3ccccc3)Nc3ncnn32)cc1. The molecule has 6 nitrogen and oxygen atoms in total. The molecule has 3 N–H and O–H groups in total. The van der Waals surface area contributed by atoms with E-state index in [4.69, 9.17) is 10.5 Å². The summed E-state index contributed by atoms with van der Waals surface area (Å²) in [6.45, 7) is 0. The Labute approximate surface area is 140 Å². The second kappa shape index (κ2) is 5.98. The Morgan fingerprint density at radius 2 is 1.79 bits per heavy atom. The van der Waals surface area contributed by atoms with E-state index < -0.39 is 0 Å². The van der Waals surface area contributed by atoms with Gasteiger partial charge in [-0.05, 0) is 23.3 Å². The second-order valence-corrected chi connectivity index (χ2v) is 5.86. The summed E-state index contributed by atoms with van der Waals surface area (Å²) in [5.41, 5.74) is 8.87. The second-order valence-electron chi connectivity index (χ2n) is 5.86. The van der Waals surface area contributed by atoms with Gasteiger partial charge >= 0.3 is 0 Å². The molecule has 0 bridgehead atoms. The zero-order valence-corrected chi connectivity index (χ0v) is 13.3. The van der Waals surface area contributed by atoms with Crippen molar-refractivity contribution < 1.29 is 4.74 Å². The van der Waals surface area contributed by atoms with E-state index >= 15 is 0 Å². The Balaban J connectivity index is 1.77. The molecule has 2 aromatic carbocycles. The molecule has 0 radical (unpaired) electrons. The Bertz CT molecular complexity index is 815. The van der Waals surface area contributed by atoms with Gasteiger partial charge in [-0.1, -0.05) is 42.5 Å². The predicted octanol–water partition coefficient (Wildman–Crippen LogP) is 2.37. The van der Waals surface area contributed by atoms with Crippen molar-refractivity contribution in [2.45, 2.75) is 18.1 Å². The maximum absolute atomic E-state index is 6.65. The molecule has 2 heterocycles. The van der Waals surface area contributed by atoms with Gasteiger partial charge in [0.05, 0.1) is 25.2 Å². The number of methoxy groups -OCH3 is 1. The van der Waals surface area contributed by atoms with Crippen LogP contribution in [-0.2, 0) is 0 Å². The number of ether oxygens (including phenoxy) is 1. The Morgan fingerprint density at radius 1 is 1.04 bits per heavy atom. The summed E-state index contributed by atoms with van der Waals surface area (Å²) in [7, 11) is 1.66. The topological polar surface area (TPSA) is 78.0 Å². The molecular weight excluding hydrogens is 302 g/mol. The Hall–Kier alpha value is -2.86. The smallest absolute Gasteiger partial charge is 0.222 e. The van der Waals surface area contributed by atoms with E-state index in [0.717, 1.165) is 22.8 Å². The van der Waals surface area contributed by atoms with Crippen LogP contribution in [0.25, 0.3) is 0 Å². The van der Waals surface area contributed by atoms with E-state index in [1.54, 1.807) is 13.4 Å². The van der Waals surface area contributed by atoms with Crippen molar-refractivity contribution in [3.05, 3.63) is 72.1 Å². The van der Waals surface area contributed by atoms with E-state index in [9.17, 15) is 0 Å².